The van der Waals surface area contributed by atoms with E-state index in [0.29, 0.717) is 12.0 Å². The summed E-state index contributed by atoms with van der Waals surface area (Å²) >= 11 is 0. The van der Waals surface area contributed by atoms with E-state index in [2.05, 4.69) is 6.92 Å². The van der Waals surface area contributed by atoms with Gasteiger partial charge in [0.1, 0.15) is 0 Å². The molecule has 0 saturated carbocycles. The van der Waals surface area contributed by atoms with Gasteiger partial charge in [-0.2, -0.15) is 0 Å². The molecule has 2 heterocycles. The van der Waals surface area contributed by atoms with Crippen molar-refractivity contribution in [3.63, 3.8) is 0 Å². The number of ether oxygens (including phenoxy) is 2. The van der Waals surface area contributed by atoms with Gasteiger partial charge in [-0.15, -0.1) is 0 Å². The maximum atomic E-state index is 9.35. The normalized spacial score (nSPS) is 33.8. The summed E-state index contributed by atoms with van der Waals surface area (Å²) in [6.07, 6.45) is 13.6. The average molecular weight is 270 g/mol. The number of aliphatic hydroxyl groups excluding tert-OH is 1. The third kappa shape index (κ3) is 5.05. The Kier molecular flexibility index (Phi) is 6.62. The average Bonchev–Trinajstić information content (AvgIpc) is 2.89. The summed E-state index contributed by atoms with van der Waals surface area (Å²) in [4.78, 5) is 0. The number of aliphatic hydroxyl groups is 1. The zero-order valence-electron chi connectivity index (χ0n) is 12.4. The van der Waals surface area contributed by atoms with Crippen molar-refractivity contribution in [2.45, 2.75) is 96.2 Å². The third-order valence-corrected chi connectivity index (χ3v) is 4.45. The van der Waals surface area contributed by atoms with Crippen LogP contribution in [0.2, 0.25) is 0 Å². The molecule has 0 aliphatic carbocycles. The Balaban J connectivity index is 1.43. The molecule has 0 spiro atoms. The fourth-order valence-electron chi connectivity index (χ4n) is 3.32. The van der Waals surface area contributed by atoms with Gasteiger partial charge >= 0.3 is 0 Å². The van der Waals surface area contributed by atoms with Gasteiger partial charge in [0.2, 0.25) is 0 Å². The van der Waals surface area contributed by atoms with Crippen LogP contribution in [0.25, 0.3) is 0 Å². The fraction of sp³-hybridized carbons (Fsp3) is 1.00. The third-order valence-electron chi connectivity index (χ3n) is 4.45. The molecule has 0 unspecified atom stereocenters. The molecule has 0 amide bonds. The summed E-state index contributed by atoms with van der Waals surface area (Å²) in [5.41, 5.74) is 0. The molecule has 112 valence electrons. The van der Waals surface area contributed by atoms with Crippen LogP contribution in [0.1, 0.15) is 77.6 Å². The van der Waals surface area contributed by atoms with Crippen LogP contribution in [0.4, 0.5) is 0 Å². The molecule has 2 fully saturated rings. The molecule has 2 aliphatic rings. The van der Waals surface area contributed by atoms with Crippen LogP contribution < -0.4 is 0 Å². The van der Waals surface area contributed by atoms with Gasteiger partial charge in [-0.3, -0.25) is 0 Å². The first-order valence-electron chi connectivity index (χ1n) is 8.28. The molecular weight excluding hydrogens is 240 g/mol. The molecule has 1 N–H and O–H groups in total. The highest BCUT2D eigenvalue weighted by Crippen LogP contribution is 2.38. The molecule has 0 aromatic heterocycles. The summed E-state index contributed by atoms with van der Waals surface area (Å²) in [6.45, 7) is 2.26. The Morgan fingerprint density at radius 2 is 1.58 bits per heavy atom. The van der Waals surface area contributed by atoms with Crippen LogP contribution in [0.3, 0.4) is 0 Å². The van der Waals surface area contributed by atoms with Crippen LogP contribution in [0, 0.1) is 5.92 Å². The Morgan fingerprint density at radius 1 is 0.895 bits per heavy atom. The number of fused-ring (bicyclic) bond motifs is 1. The van der Waals surface area contributed by atoms with Gasteiger partial charge in [0.15, 0.2) is 12.6 Å². The van der Waals surface area contributed by atoms with Crippen molar-refractivity contribution in [2.24, 2.45) is 5.92 Å². The molecule has 19 heavy (non-hydrogen) atoms. The number of hydrogen-bond donors (Lipinski definition) is 1. The minimum absolute atomic E-state index is 0.117. The van der Waals surface area contributed by atoms with Gasteiger partial charge in [0, 0.05) is 12.3 Å². The predicted molar refractivity (Wildman–Crippen MR) is 75.7 cm³/mol. The first-order valence-corrected chi connectivity index (χ1v) is 8.28. The largest absolute Gasteiger partial charge is 0.368 e. The van der Waals surface area contributed by atoms with Crippen molar-refractivity contribution in [3.8, 4) is 0 Å². The topological polar surface area (TPSA) is 38.7 Å². The summed E-state index contributed by atoms with van der Waals surface area (Å²) in [7, 11) is 0. The lowest BCUT2D eigenvalue weighted by molar-refractivity contribution is -0.190. The van der Waals surface area contributed by atoms with Crippen LogP contribution in [-0.4, -0.2) is 23.8 Å². The van der Waals surface area contributed by atoms with Gasteiger partial charge in [-0.1, -0.05) is 58.3 Å². The molecular formula is C16H30O3. The molecule has 2 saturated heterocycles. The molecule has 2 rings (SSSR count). The predicted octanol–water partition coefficient (Wildman–Crippen LogP) is 3.99. The lowest BCUT2D eigenvalue weighted by atomic mass is 9.99. The summed E-state index contributed by atoms with van der Waals surface area (Å²) < 4.78 is 11.2. The Labute approximate surface area is 117 Å². The number of hydrogen-bond acceptors (Lipinski definition) is 3. The highest BCUT2D eigenvalue weighted by atomic mass is 16.7. The highest BCUT2D eigenvalue weighted by molar-refractivity contribution is 4.82. The van der Waals surface area contributed by atoms with Crippen molar-refractivity contribution < 1.29 is 14.6 Å². The SMILES string of the molecule is CCCCCCCCCC[C@H]1C[C@H]2C[C@@H](O)O[C@H]2O1. The van der Waals surface area contributed by atoms with E-state index < -0.39 is 6.29 Å². The Morgan fingerprint density at radius 3 is 2.26 bits per heavy atom. The lowest BCUT2D eigenvalue weighted by Gasteiger charge is -2.13. The maximum Gasteiger partial charge on any atom is 0.164 e. The standard InChI is InChI=1S/C16H30O3/c1-2-3-4-5-6-7-8-9-10-14-11-13-12-15(17)19-16(13)18-14/h13-17H,2-12H2,1H3/t13-,14-,15-,16+/m0/s1. The van der Waals surface area contributed by atoms with E-state index in [4.69, 9.17) is 9.47 Å². The van der Waals surface area contributed by atoms with E-state index in [1.807, 2.05) is 0 Å². The first kappa shape index (κ1) is 15.3. The summed E-state index contributed by atoms with van der Waals surface area (Å²) in [6, 6.07) is 0. The van der Waals surface area contributed by atoms with Crippen molar-refractivity contribution in [1.29, 1.82) is 0 Å². The highest BCUT2D eigenvalue weighted by Gasteiger charge is 2.42. The summed E-state index contributed by atoms with van der Waals surface area (Å²) in [5.74, 6) is 0.439. The van der Waals surface area contributed by atoms with E-state index in [1.54, 1.807) is 0 Å². The second kappa shape index (κ2) is 8.23. The van der Waals surface area contributed by atoms with Crippen LogP contribution >= 0.6 is 0 Å². The van der Waals surface area contributed by atoms with Crippen LogP contribution in [0.15, 0.2) is 0 Å². The van der Waals surface area contributed by atoms with Crippen molar-refractivity contribution in [2.75, 3.05) is 0 Å². The van der Waals surface area contributed by atoms with Gasteiger partial charge in [-0.25, -0.2) is 0 Å². The molecule has 3 heteroatoms. The van der Waals surface area contributed by atoms with E-state index >= 15 is 0 Å². The number of rotatable bonds is 9. The molecule has 4 atom stereocenters. The van der Waals surface area contributed by atoms with E-state index in [-0.39, 0.29) is 6.29 Å². The van der Waals surface area contributed by atoms with Crippen LogP contribution in [0.5, 0.6) is 0 Å². The van der Waals surface area contributed by atoms with Crippen LogP contribution in [-0.2, 0) is 9.47 Å². The molecule has 0 bridgehead atoms. The zero-order valence-corrected chi connectivity index (χ0v) is 12.4. The van der Waals surface area contributed by atoms with E-state index in [0.717, 1.165) is 12.8 Å². The van der Waals surface area contributed by atoms with E-state index in [1.165, 1.54) is 57.8 Å². The monoisotopic (exact) mass is 270 g/mol. The van der Waals surface area contributed by atoms with Gasteiger partial charge < -0.3 is 14.6 Å². The minimum Gasteiger partial charge on any atom is -0.368 e. The van der Waals surface area contributed by atoms with Crippen molar-refractivity contribution in [3.05, 3.63) is 0 Å². The molecule has 0 aromatic carbocycles. The van der Waals surface area contributed by atoms with Gasteiger partial charge in [0.05, 0.1) is 6.10 Å². The number of unbranched alkanes of at least 4 members (excludes halogenated alkanes) is 7. The lowest BCUT2D eigenvalue weighted by Crippen LogP contribution is -2.16. The first-order chi connectivity index (χ1) is 9.29. The fourth-order valence-corrected chi connectivity index (χ4v) is 3.32. The Hall–Kier alpha value is -0.120. The Bertz CT molecular complexity index is 230. The van der Waals surface area contributed by atoms with E-state index in [9.17, 15) is 5.11 Å². The maximum absolute atomic E-state index is 9.35. The molecule has 2 aliphatic heterocycles. The second-order valence-corrected chi connectivity index (χ2v) is 6.21. The summed E-state index contributed by atoms with van der Waals surface area (Å²) in [5, 5.41) is 9.35. The minimum atomic E-state index is -0.584. The molecule has 0 aromatic rings. The van der Waals surface area contributed by atoms with Gasteiger partial charge in [-0.05, 0) is 12.8 Å². The van der Waals surface area contributed by atoms with Crippen molar-refractivity contribution >= 4 is 0 Å². The van der Waals surface area contributed by atoms with Crippen molar-refractivity contribution in [1.82, 2.24) is 0 Å². The van der Waals surface area contributed by atoms with Gasteiger partial charge in [0.25, 0.3) is 0 Å². The second-order valence-electron chi connectivity index (χ2n) is 6.21. The molecule has 0 radical (unpaired) electrons. The quantitative estimate of drug-likeness (QED) is 0.644. The smallest absolute Gasteiger partial charge is 0.164 e. The molecule has 3 nitrogen and oxygen atoms in total. The zero-order chi connectivity index (χ0) is 13.5.